The molecule has 1 aliphatic rings. The third kappa shape index (κ3) is 7.67. The maximum atomic E-state index is 9.53. The number of rotatable bonds is 13. The lowest BCUT2D eigenvalue weighted by Gasteiger charge is -2.28. The van der Waals surface area contributed by atoms with Crippen LogP contribution in [0.4, 0.5) is 0 Å². The molecule has 0 heterocycles. The first-order valence-electron chi connectivity index (χ1n) is 14.4. The van der Waals surface area contributed by atoms with Crippen molar-refractivity contribution in [3.8, 4) is 11.1 Å². The minimum absolute atomic E-state index is 0.154. The van der Waals surface area contributed by atoms with E-state index >= 15 is 0 Å². The lowest BCUT2D eigenvalue weighted by molar-refractivity contribution is 0.110. The van der Waals surface area contributed by atoms with Gasteiger partial charge in [-0.2, -0.15) is 0 Å². The topological polar surface area (TPSA) is 29.5 Å². The van der Waals surface area contributed by atoms with Crippen LogP contribution in [0.2, 0.25) is 0 Å². The van der Waals surface area contributed by atoms with Crippen molar-refractivity contribution in [2.45, 2.75) is 77.6 Å². The molecule has 1 unspecified atom stereocenters. The molecule has 2 heteroatoms. The van der Waals surface area contributed by atoms with E-state index in [1.54, 1.807) is 7.11 Å². The van der Waals surface area contributed by atoms with Gasteiger partial charge in [0.25, 0.3) is 0 Å². The third-order valence-electron chi connectivity index (χ3n) is 8.37. The van der Waals surface area contributed by atoms with Gasteiger partial charge in [0.15, 0.2) is 0 Å². The Morgan fingerprint density at radius 1 is 0.778 bits per heavy atom. The van der Waals surface area contributed by atoms with E-state index in [0.29, 0.717) is 6.61 Å². The highest BCUT2D eigenvalue weighted by molar-refractivity contribution is 5.87. The number of hydrogen-bond acceptors (Lipinski definition) is 2. The quantitative estimate of drug-likeness (QED) is 0.245. The van der Waals surface area contributed by atoms with Crippen molar-refractivity contribution in [2.75, 3.05) is 20.3 Å². The Morgan fingerprint density at radius 3 is 2.11 bits per heavy atom. The third-order valence-corrected chi connectivity index (χ3v) is 8.37. The fourth-order valence-electron chi connectivity index (χ4n) is 6.19. The van der Waals surface area contributed by atoms with Crippen LogP contribution < -0.4 is 0 Å². The Balaban J connectivity index is 1.28. The molecule has 0 spiro atoms. The largest absolute Gasteiger partial charge is 0.396 e. The molecule has 194 valence electrons. The number of methoxy groups -OCH3 is 1. The van der Waals surface area contributed by atoms with Gasteiger partial charge in [-0.3, -0.25) is 0 Å². The van der Waals surface area contributed by atoms with Crippen LogP contribution in [0, 0.1) is 17.8 Å². The van der Waals surface area contributed by atoms with Gasteiger partial charge < -0.3 is 9.84 Å². The second kappa shape index (κ2) is 14.0. The van der Waals surface area contributed by atoms with Crippen molar-refractivity contribution >= 4 is 10.8 Å². The van der Waals surface area contributed by atoms with Gasteiger partial charge in [0, 0.05) is 19.6 Å². The zero-order chi connectivity index (χ0) is 25.2. The molecule has 2 nitrogen and oxygen atoms in total. The van der Waals surface area contributed by atoms with Crippen LogP contribution in [0.1, 0.15) is 75.8 Å². The molecule has 0 radical (unpaired) electrons. The molecule has 0 aliphatic heterocycles. The number of benzene rings is 3. The molecule has 1 aliphatic carbocycles. The molecule has 1 N–H and O–H groups in total. The first-order valence-corrected chi connectivity index (χ1v) is 14.4. The number of aryl methyl sites for hydroxylation is 1. The monoisotopic (exact) mass is 486 g/mol. The number of ether oxygens (including phenoxy) is 1. The molecule has 1 fully saturated rings. The predicted molar refractivity (Wildman–Crippen MR) is 153 cm³/mol. The van der Waals surface area contributed by atoms with E-state index in [2.05, 4.69) is 67.6 Å². The smallest absolute Gasteiger partial charge is 0.0515 e. The van der Waals surface area contributed by atoms with Gasteiger partial charge in [0.2, 0.25) is 0 Å². The predicted octanol–water partition coefficient (Wildman–Crippen LogP) is 8.62. The molecular weight excluding hydrogens is 440 g/mol. The summed E-state index contributed by atoms with van der Waals surface area (Å²) in [7, 11) is 1.69. The van der Waals surface area contributed by atoms with Gasteiger partial charge in [0.1, 0.15) is 0 Å². The van der Waals surface area contributed by atoms with Crippen molar-refractivity contribution in [2.24, 2.45) is 17.8 Å². The van der Waals surface area contributed by atoms with Gasteiger partial charge in [-0.1, -0.05) is 113 Å². The molecule has 0 aromatic heterocycles. The van der Waals surface area contributed by atoms with Crippen LogP contribution in [-0.2, 0) is 17.6 Å². The Morgan fingerprint density at radius 2 is 1.42 bits per heavy atom. The Bertz CT molecular complexity index is 1050. The lowest BCUT2D eigenvalue weighted by Crippen LogP contribution is -2.15. The first-order chi connectivity index (χ1) is 17.7. The number of aliphatic hydroxyl groups is 1. The molecule has 4 rings (SSSR count). The summed E-state index contributed by atoms with van der Waals surface area (Å²) in [4.78, 5) is 0. The summed E-state index contributed by atoms with van der Waals surface area (Å²) >= 11 is 0. The Labute approximate surface area is 219 Å². The van der Waals surface area contributed by atoms with Gasteiger partial charge in [-0.15, -0.1) is 0 Å². The second-order valence-electron chi connectivity index (χ2n) is 11.2. The van der Waals surface area contributed by atoms with Crippen molar-refractivity contribution < 1.29 is 9.84 Å². The molecular formula is C34H46O2. The molecule has 0 saturated heterocycles. The van der Waals surface area contributed by atoms with Crippen LogP contribution in [0.15, 0.2) is 60.7 Å². The minimum atomic E-state index is 0.154. The lowest BCUT2D eigenvalue weighted by atomic mass is 9.78. The van der Waals surface area contributed by atoms with E-state index in [1.165, 1.54) is 97.2 Å². The zero-order valence-corrected chi connectivity index (χ0v) is 22.6. The number of fused-ring (bicyclic) bond motifs is 1. The van der Waals surface area contributed by atoms with E-state index in [9.17, 15) is 5.11 Å². The van der Waals surface area contributed by atoms with Gasteiger partial charge in [-0.25, -0.2) is 0 Å². The van der Waals surface area contributed by atoms with E-state index in [1.807, 2.05) is 0 Å². The van der Waals surface area contributed by atoms with Crippen molar-refractivity contribution in [3.63, 3.8) is 0 Å². The maximum absolute atomic E-state index is 9.53. The molecule has 36 heavy (non-hydrogen) atoms. The summed E-state index contributed by atoms with van der Waals surface area (Å²) in [6, 6.07) is 22.6. The van der Waals surface area contributed by atoms with E-state index in [-0.39, 0.29) is 12.5 Å². The Kier molecular flexibility index (Phi) is 10.4. The van der Waals surface area contributed by atoms with Crippen LogP contribution in [-0.4, -0.2) is 25.4 Å². The molecule has 3 aromatic rings. The molecule has 1 atom stereocenters. The fraction of sp³-hybridized carbons (Fsp3) is 0.529. The van der Waals surface area contributed by atoms with E-state index in [0.717, 1.165) is 18.3 Å². The summed E-state index contributed by atoms with van der Waals surface area (Å²) in [5, 5.41) is 12.2. The van der Waals surface area contributed by atoms with E-state index < -0.39 is 0 Å². The summed E-state index contributed by atoms with van der Waals surface area (Å²) in [6.45, 7) is 3.07. The van der Waals surface area contributed by atoms with Gasteiger partial charge >= 0.3 is 0 Å². The average Bonchev–Trinajstić information content (AvgIpc) is 2.92. The highest BCUT2D eigenvalue weighted by atomic mass is 16.5. The molecule has 0 bridgehead atoms. The average molecular weight is 487 g/mol. The normalized spacial score (nSPS) is 19.0. The van der Waals surface area contributed by atoms with Crippen LogP contribution in [0.5, 0.6) is 0 Å². The first kappa shape index (κ1) is 26.9. The standard InChI is InChI=1S/C34H46O2/c1-3-6-26-9-11-27(12-10-26)7-4-5-8-28-15-18-34-23-33(20-19-32(34)22-28)31-16-13-29(14-17-31)21-30(24-35)25-36-2/h13-20,22-23,26-27,30,35H,3-12,21,24-25H2,1-2H3. The summed E-state index contributed by atoms with van der Waals surface area (Å²) < 4.78 is 5.21. The van der Waals surface area contributed by atoms with Crippen molar-refractivity contribution in [3.05, 3.63) is 71.8 Å². The van der Waals surface area contributed by atoms with Gasteiger partial charge in [-0.05, 0) is 70.2 Å². The number of unbranched alkanes of at least 4 members (excludes halogenated alkanes) is 1. The van der Waals surface area contributed by atoms with Crippen molar-refractivity contribution in [1.29, 1.82) is 0 Å². The summed E-state index contributed by atoms with van der Waals surface area (Å²) in [5.74, 6) is 2.17. The molecule has 0 amide bonds. The summed E-state index contributed by atoms with van der Waals surface area (Å²) in [5.41, 5.74) is 5.21. The SMILES string of the molecule is CCCC1CCC(CCCCc2ccc3cc(-c4ccc(CC(CO)COC)cc4)ccc3c2)CC1. The van der Waals surface area contributed by atoms with Crippen LogP contribution in [0.25, 0.3) is 21.9 Å². The second-order valence-corrected chi connectivity index (χ2v) is 11.2. The summed E-state index contributed by atoms with van der Waals surface area (Å²) in [6.07, 6.45) is 14.9. The number of aliphatic hydroxyl groups excluding tert-OH is 1. The molecule has 3 aromatic carbocycles. The van der Waals surface area contributed by atoms with E-state index in [4.69, 9.17) is 4.74 Å². The highest BCUT2D eigenvalue weighted by Gasteiger charge is 2.20. The van der Waals surface area contributed by atoms with Crippen LogP contribution >= 0.6 is 0 Å². The van der Waals surface area contributed by atoms with Crippen molar-refractivity contribution in [1.82, 2.24) is 0 Å². The Hall–Kier alpha value is -2.16. The minimum Gasteiger partial charge on any atom is -0.396 e. The molecule has 1 saturated carbocycles. The fourth-order valence-corrected chi connectivity index (χ4v) is 6.19. The highest BCUT2D eigenvalue weighted by Crippen LogP contribution is 2.34. The zero-order valence-electron chi connectivity index (χ0n) is 22.6. The number of hydrogen-bond donors (Lipinski definition) is 1. The maximum Gasteiger partial charge on any atom is 0.0515 e. The van der Waals surface area contributed by atoms with Crippen LogP contribution in [0.3, 0.4) is 0 Å². The van der Waals surface area contributed by atoms with Gasteiger partial charge in [0.05, 0.1) is 6.61 Å².